The maximum atomic E-state index is 13.5. The smallest absolute Gasteiger partial charge is 0.407 e. The van der Waals surface area contributed by atoms with Crippen LogP contribution in [0.25, 0.3) is 11.1 Å². The molecule has 3 aromatic rings. The number of aromatic nitrogens is 1. The molecule has 2 aromatic carbocycles. The minimum atomic E-state index is -0.887. The number of nitro groups is 1. The summed E-state index contributed by atoms with van der Waals surface area (Å²) >= 11 is 0. The van der Waals surface area contributed by atoms with E-state index < -0.39 is 33.9 Å². The summed E-state index contributed by atoms with van der Waals surface area (Å²) in [5.41, 5.74) is -0.325. The number of halogens is 2. The van der Waals surface area contributed by atoms with E-state index in [1.54, 1.807) is 0 Å². The molecule has 27 heavy (non-hydrogen) atoms. The number of nitrogens with zero attached hydrogens (tertiary/aromatic N) is 2. The van der Waals surface area contributed by atoms with Crippen molar-refractivity contribution in [2.45, 2.75) is 19.4 Å². The molecule has 0 saturated heterocycles. The fraction of sp³-hybridized carbons (Fsp3) is 0.176. The number of fused-ring (bicyclic) bond motifs is 1. The molecule has 0 saturated carbocycles. The number of rotatable bonds is 6. The number of nitrogens with one attached hydrogen (secondary N) is 1. The van der Waals surface area contributed by atoms with Crippen LogP contribution in [-0.4, -0.2) is 15.4 Å². The predicted molar refractivity (Wildman–Crippen MR) is 91.4 cm³/mol. The second-order valence-corrected chi connectivity index (χ2v) is 5.68. The zero-order chi connectivity index (χ0) is 19.6. The summed E-state index contributed by atoms with van der Waals surface area (Å²) in [6.07, 6.45) is 0.0906. The van der Waals surface area contributed by atoms with Crippen LogP contribution < -0.4 is 11.1 Å². The second kappa shape index (κ2) is 7.36. The normalized spacial score (nSPS) is 10.9. The monoisotopic (exact) mass is 377 g/mol. The van der Waals surface area contributed by atoms with Gasteiger partial charge in [-0.25, -0.2) is 13.6 Å². The van der Waals surface area contributed by atoms with Gasteiger partial charge in [0, 0.05) is 19.0 Å². The van der Waals surface area contributed by atoms with Crippen LogP contribution in [-0.2, 0) is 11.3 Å². The minimum Gasteiger partial charge on any atom is -0.407 e. The molecule has 0 atom stereocenters. The summed E-state index contributed by atoms with van der Waals surface area (Å²) in [6.45, 7) is 0.0941. The molecule has 0 radical (unpaired) electrons. The average Bonchev–Trinajstić information content (AvgIpc) is 2.93. The van der Waals surface area contributed by atoms with Gasteiger partial charge in [-0.15, -0.1) is 0 Å². The van der Waals surface area contributed by atoms with Gasteiger partial charge in [0.2, 0.25) is 5.91 Å². The number of carbonyl (C=O) groups excluding carboxylic acids is 1. The number of oxazole rings is 1. The first-order valence-electron chi connectivity index (χ1n) is 7.88. The molecular formula is C17H13F2N3O5. The Morgan fingerprint density at radius 3 is 2.59 bits per heavy atom. The van der Waals surface area contributed by atoms with Gasteiger partial charge in [0.25, 0.3) is 5.69 Å². The number of para-hydroxylation sites is 1. The van der Waals surface area contributed by atoms with Gasteiger partial charge >= 0.3 is 5.76 Å². The molecule has 0 bridgehead atoms. The lowest BCUT2D eigenvalue weighted by Crippen LogP contribution is -2.17. The number of anilines is 1. The van der Waals surface area contributed by atoms with Crippen molar-refractivity contribution in [3.05, 3.63) is 68.7 Å². The molecule has 0 spiro atoms. The van der Waals surface area contributed by atoms with Gasteiger partial charge in [-0.3, -0.25) is 19.5 Å². The average molecular weight is 377 g/mol. The van der Waals surface area contributed by atoms with Gasteiger partial charge in [0.05, 0.1) is 16.5 Å². The maximum absolute atomic E-state index is 13.5. The second-order valence-electron chi connectivity index (χ2n) is 5.68. The Labute approximate surface area is 150 Å². The molecule has 8 nitrogen and oxygen atoms in total. The summed E-state index contributed by atoms with van der Waals surface area (Å²) in [7, 11) is 0. The summed E-state index contributed by atoms with van der Waals surface area (Å²) in [6, 6.07) is 6.99. The van der Waals surface area contributed by atoms with Crippen LogP contribution in [0.3, 0.4) is 0 Å². The summed E-state index contributed by atoms with van der Waals surface area (Å²) in [5, 5.41) is 12.9. The van der Waals surface area contributed by atoms with Gasteiger partial charge in [-0.1, -0.05) is 6.07 Å². The molecule has 140 valence electrons. The van der Waals surface area contributed by atoms with Crippen molar-refractivity contribution in [1.82, 2.24) is 4.57 Å². The van der Waals surface area contributed by atoms with Gasteiger partial charge in [-0.05, 0) is 24.6 Å². The van der Waals surface area contributed by atoms with Gasteiger partial charge in [0.15, 0.2) is 5.58 Å². The molecule has 3 rings (SSSR count). The molecule has 1 amide bonds. The highest BCUT2D eigenvalue weighted by molar-refractivity contribution is 5.90. The molecule has 0 aliphatic heterocycles. The van der Waals surface area contributed by atoms with E-state index in [1.807, 2.05) is 0 Å². The van der Waals surface area contributed by atoms with Crippen molar-refractivity contribution >= 4 is 28.4 Å². The standard InChI is InChI=1S/C17H13F2N3O5/c18-11-3-1-4-12(19)16(11)20-15(23)5-2-8-21-13-7-6-10(22(25)26)9-14(13)27-17(21)24/h1,3-4,6-7,9H,2,5,8H2,(H,20,23). The van der Waals surface area contributed by atoms with E-state index in [2.05, 4.69) is 5.32 Å². The zero-order valence-electron chi connectivity index (χ0n) is 13.8. The third kappa shape index (κ3) is 3.84. The first-order valence-corrected chi connectivity index (χ1v) is 7.88. The highest BCUT2D eigenvalue weighted by Crippen LogP contribution is 2.21. The van der Waals surface area contributed by atoms with Crippen molar-refractivity contribution in [3.63, 3.8) is 0 Å². The molecule has 1 N–H and O–H groups in total. The Kier molecular flexibility index (Phi) is 4.97. The zero-order valence-corrected chi connectivity index (χ0v) is 13.8. The lowest BCUT2D eigenvalue weighted by molar-refractivity contribution is -0.384. The van der Waals surface area contributed by atoms with Crippen LogP contribution in [0.2, 0.25) is 0 Å². The SMILES string of the molecule is O=C(CCCn1c(=O)oc2cc([N+](=O)[O-])ccc21)Nc1c(F)cccc1F. The number of non-ortho nitro benzene ring substituents is 1. The lowest BCUT2D eigenvalue weighted by Gasteiger charge is -2.07. The first-order chi connectivity index (χ1) is 12.9. The van der Waals surface area contributed by atoms with Crippen molar-refractivity contribution < 1.29 is 22.9 Å². The van der Waals surface area contributed by atoms with Gasteiger partial charge < -0.3 is 9.73 Å². The highest BCUT2D eigenvalue weighted by atomic mass is 19.1. The maximum Gasteiger partial charge on any atom is 0.419 e. The van der Waals surface area contributed by atoms with Crippen LogP contribution in [0, 0.1) is 21.7 Å². The molecule has 0 fully saturated rings. The fourth-order valence-corrected chi connectivity index (χ4v) is 2.60. The third-order valence-electron chi connectivity index (χ3n) is 3.88. The Balaban J connectivity index is 1.67. The first kappa shape index (κ1) is 18.2. The fourth-order valence-electron chi connectivity index (χ4n) is 2.60. The van der Waals surface area contributed by atoms with Gasteiger partial charge in [0.1, 0.15) is 17.3 Å². The van der Waals surface area contributed by atoms with Crippen LogP contribution in [0.15, 0.2) is 45.6 Å². The number of hydrogen-bond donors (Lipinski definition) is 1. The largest absolute Gasteiger partial charge is 0.419 e. The van der Waals surface area contributed by atoms with E-state index in [0.29, 0.717) is 5.52 Å². The van der Waals surface area contributed by atoms with Crippen LogP contribution >= 0.6 is 0 Å². The number of hydrogen-bond acceptors (Lipinski definition) is 5. The number of nitro benzene ring substituents is 1. The number of carbonyl (C=O) groups is 1. The van der Waals surface area contributed by atoms with E-state index in [4.69, 9.17) is 4.42 Å². The van der Waals surface area contributed by atoms with E-state index >= 15 is 0 Å². The summed E-state index contributed by atoms with van der Waals surface area (Å²) < 4.78 is 33.2. The van der Waals surface area contributed by atoms with Gasteiger partial charge in [-0.2, -0.15) is 0 Å². The molecule has 0 aliphatic rings. The number of amides is 1. The number of aryl methyl sites for hydroxylation is 1. The predicted octanol–water partition coefficient (Wildman–Crippen LogP) is 3.20. The Morgan fingerprint density at radius 1 is 1.22 bits per heavy atom. The molecule has 0 unspecified atom stereocenters. The Hall–Kier alpha value is -3.56. The van der Waals surface area contributed by atoms with E-state index in [9.17, 15) is 28.5 Å². The number of benzene rings is 2. The Bertz CT molecular complexity index is 1070. The molecule has 1 aromatic heterocycles. The third-order valence-corrected chi connectivity index (χ3v) is 3.88. The van der Waals surface area contributed by atoms with E-state index in [0.717, 1.165) is 18.2 Å². The van der Waals surface area contributed by atoms with Crippen LogP contribution in [0.1, 0.15) is 12.8 Å². The summed E-state index contributed by atoms with van der Waals surface area (Å²) in [4.78, 5) is 33.9. The van der Waals surface area contributed by atoms with Crippen molar-refractivity contribution in [2.75, 3.05) is 5.32 Å². The molecule has 0 aliphatic carbocycles. The Morgan fingerprint density at radius 2 is 1.93 bits per heavy atom. The summed E-state index contributed by atoms with van der Waals surface area (Å²) in [5.74, 6) is -3.11. The topological polar surface area (TPSA) is 107 Å². The van der Waals surface area contributed by atoms with Crippen molar-refractivity contribution in [1.29, 1.82) is 0 Å². The minimum absolute atomic E-state index is 0.0621. The lowest BCUT2D eigenvalue weighted by atomic mass is 10.2. The van der Waals surface area contributed by atoms with E-state index in [-0.39, 0.29) is 30.7 Å². The molecule has 1 heterocycles. The van der Waals surface area contributed by atoms with Crippen LogP contribution in [0.5, 0.6) is 0 Å². The quantitative estimate of drug-likeness (QED) is 0.524. The molecule has 10 heteroatoms. The van der Waals surface area contributed by atoms with Crippen molar-refractivity contribution in [2.24, 2.45) is 0 Å². The van der Waals surface area contributed by atoms with E-state index in [1.165, 1.54) is 22.8 Å². The van der Waals surface area contributed by atoms with Crippen molar-refractivity contribution in [3.8, 4) is 0 Å². The van der Waals surface area contributed by atoms with Crippen LogP contribution in [0.4, 0.5) is 20.2 Å². The molecular weight excluding hydrogens is 364 g/mol. The highest BCUT2D eigenvalue weighted by Gasteiger charge is 2.15.